The van der Waals surface area contributed by atoms with E-state index in [4.69, 9.17) is 0 Å². The summed E-state index contributed by atoms with van der Waals surface area (Å²) in [7, 11) is 1.70. The quantitative estimate of drug-likeness (QED) is 0.263. The predicted molar refractivity (Wildman–Crippen MR) is 119 cm³/mol. The number of guanidine groups is 1. The zero-order valence-corrected chi connectivity index (χ0v) is 18.5. The minimum absolute atomic E-state index is 0. The largest absolute Gasteiger partial charge is 0.356 e. The van der Waals surface area contributed by atoms with Gasteiger partial charge >= 0.3 is 5.69 Å². The van der Waals surface area contributed by atoms with Gasteiger partial charge in [0.25, 0.3) is 0 Å². The van der Waals surface area contributed by atoms with Crippen molar-refractivity contribution in [2.24, 2.45) is 4.99 Å². The minimum Gasteiger partial charge on any atom is -0.356 e. The molecule has 0 saturated heterocycles. The van der Waals surface area contributed by atoms with Gasteiger partial charge < -0.3 is 10.6 Å². The molecule has 2 heterocycles. The van der Waals surface area contributed by atoms with Crippen molar-refractivity contribution in [1.29, 1.82) is 0 Å². The highest BCUT2D eigenvalue weighted by molar-refractivity contribution is 14.0. The van der Waals surface area contributed by atoms with Crippen LogP contribution >= 0.6 is 24.0 Å². The van der Waals surface area contributed by atoms with Gasteiger partial charge in [-0.1, -0.05) is 18.2 Å². The van der Waals surface area contributed by atoms with Gasteiger partial charge in [0.05, 0.1) is 0 Å². The Labute approximate surface area is 181 Å². The highest BCUT2D eigenvalue weighted by Gasteiger charge is 2.16. The molecule has 0 fully saturated rings. The van der Waals surface area contributed by atoms with Crippen LogP contribution in [0.3, 0.4) is 0 Å². The molecule has 154 valence electrons. The fourth-order valence-electron chi connectivity index (χ4n) is 3.27. The summed E-state index contributed by atoms with van der Waals surface area (Å²) < 4.78 is 17.0. The van der Waals surface area contributed by atoms with E-state index in [1.54, 1.807) is 28.4 Å². The average Bonchev–Trinajstić information content (AvgIpc) is 3.01. The van der Waals surface area contributed by atoms with Gasteiger partial charge in [-0.05, 0) is 37.3 Å². The Morgan fingerprint density at radius 3 is 2.79 bits per heavy atom. The standard InChI is InChI=1S/C19H27FN6O.HI/c1-21-18(23-12-10-15-7-2-3-8-16(15)20)22-11-6-14-26-19(27)25-13-5-4-9-17(25)24-26;/h2-3,7-8H,4-6,9-14H2,1H3,(H2,21,22,23);1H. The molecule has 1 aromatic carbocycles. The first-order valence-electron chi connectivity index (χ1n) is 9.53. The molecule has 0 saturated carbocycles. The van der Waals surface area contributed by atoms with Crippen LogP contribution in [0, 0.1) is 5.82 Å². The van der Waals surface area contributed by atoms with Crippen molar-refractivity contribution in [1.82, 2.24) is 25.0 Å². The van der Waals surface area contributed by atoms with Crippen LogP contribution in [0.2, 0.25) is 0 Å². The van der Waals surface area contributed by atoms with Crippen molar-refractivity contribution < 1.29 is 4.39 Å². The number of nitrogens with one attached hydrogen (secondary N) is 2. The molecule has 1 aromatic heterocycles. The smallest absolute Gasteiger partial charge is 0.345 e. The Kier molecular flexibility index (Phi) is 8.94. The average molecular weight is 502 g/mol. The molecular weight excluding hydrogens is 474 g/mol. The second kappa shape index (κ2) is 11.2. The maximum absolute atomic E-state index is 13.6. The lowest BCUT2D eigenvalue weighted by atomic mass is 10.1. The van der Waals surface area contributed by atoms with Gasteiger partial charge in [0, 0.05) is 39.6 Å². The van der Waals surface area contributed by atoms with Gasteiger partial charge in [-0.2, -0.15) is 5.10 Å². The number of hydrogen-bond donors (Lipinski definition) is 2. The zero-order chi connectivity index (χ0) is 19.1. The first-order chi connectivity index (χ1) is 13.2. The maximum Gasteiger partial charge on any atom is 0.345 e. The summed E-state index contributed by atoms with van der Waals surface area (Å²) in [6.45, 7) is 2.63. The van der Waals surface area contributed by atoms with Crippen molar-refractivity contribution in [3.63, 3.8) is 0 Å². The van der Waals surface area contributed by atoms with E-state index in [0.717, 1.165) is 38.1 Å². The number of rotatable bonds is 7. The monoisotopic (exact) mass is 502 g/mol. The van der Waals surface area contributed by atoms with Gasteiger partial charge in [-0.3, -0.25) is 9.56 Å². The van der Waals surface area contributed by atoms with Gasteiger partial charge in [-0.15, -0.1) is 24.0 Å². The van der Waals surface area contributed by atoms with Crippen molar-refractivity contribution in [3.8, 4) is 0 Å². The first-order valence-corrected chi connectivity index (χ1v) is 9.53. The van der Waals surface area contributed by atoms with E-state index < -0.39 is 0 Å². The third-order valence-corrected chi connectivity index (χ3v) is 4.74. The topological polar surface area (TPSA) is 76.2 Å². The molecule has 7 nitrogen and oxygen atoms in total. The van der Waals surface area contributed by atoms with Crippen LogP contribution in [0.25, 0.3) is 0 Å². The summed E-state index contributed by atoms with van der Waals surface area (Å²) in [5.74, 6) is 1.39. The van der Waals surface area contributed by atoms with Gasteiger partial charge in [0.2, 0.25) is 0 Å². The molecule has 2 N–H and O–H groups in total. The molecule has 9 heteroatoms. The van der Waals surface area contributed by atoms with Crippen LogP contribution in [0.5, 0.6) is 0 Å². The lowest BCUT2D eigenvalue weighted by Gasteiger charge is -2.12. The van der Waals surface area contributed by atoms with Gasteiger partial charge in [0.1, 0.15) is 11.6 Å². The molecule has 0 unspecified atom stereocenters. The highest BCUT2D eigenvalue weighted by Crippen LogP contribution is 2.09. The molecule has 0 atom stereocenters. The number of benzene rings is 1. The van der Waals surface area contributed by atoms with Crippen molar-refractivity contribution in [3.05, 3.63) is 52.0 Å². The van der Waals surface area contributed by atoms with Crippen LogP contribution in [0.15, 0.2) is 34.1 Å². The lowest BCUT2D eigenvalue weighted by molar-refractivity contribution is 0.509. The summed E-state index contributed by atoms with van der Waals surface area (Å²) in [5.41, 5.74) is 0.681. The summed E-state index contributed by atoms with van der Waals surface area (Å²) in [5, 5.41) is 10.8. The molecule has 0 spiro atoms. The Balaban J connectivity index is 0.00000280. The van der Waals surface area contributed by atoms with Crippen molar-refractivity contribution in [2.45, 2.75) is 45.2 Å². The first kappa shape index (κ1) is 22.4. The fourth-order valence-corrected chi connectivity index (χ4v) is 3.27. The number of aromatic nitrogens is 3. The lowest BCUT2D eigenvalue weighted by Crippen LogP contribution is -2.39. The van der Waals surface area contributed by atoms with E-state index in [2.05, 4.69) is 20.7 Å². The number of fused-ring (bicyclic) bond motifs is 1. The molecule has 0 bridgehead atoms. The molecule has 2 aromatic rings. The number of aliphatic imine (C=N–C) groups is 1. The van der Waals surface area contributed by atoms with Gasteiger partial charge in [0.15, 0.2) is 5.96 Å². The Hall–Kier alpha value is -1.91. The molecule has 28 heavy (non-hydrogen) atoms. The second-order valence-corrected chi connectivity index (χ2v) is 6.65. The third-order valence-electron chi connectivity index (χ3n) is 4.74. The summed E-state index contributed by atoms with van der Waals surface area (Å²) in [4.78, 5) is 16.4. The molecular formula is C19H28FIN6O. The van der Waals surface area contributed by atoms with Crippen LogP contribution < -0.4 is 16.3 Å². The van der Waals surface area contributed by atoms with Crippen LogP contribution in [0.4, 0.5) is 4.39 Å². The maximum atomic E-state index is 13.6. The molecule has 0 aliphatic carbocycles. The normalized spacial score (nSPS) is 13.6. The summed E-state index contributed by atoms with van der Waals surface area (Å²) >= 11 is 0. The van der Waals surface area contributed by atoms with E-state index in [0.29, 0.717) is 37.6 Å². The van der Waals surface area contributed by atoms with Crippen LogP contribution in [-0.4, -0.2) is 40.4 Å². The number of hydrogen-bond acceptors (Lipinski definition) is 3. The van der Waals surface area contributed by atoms with Crippen LogP contribution in [-0.2, 0) is 25.9 Å². The Morgan fingerprint density at radius 2 is 2.04 bits per heavy atom. The Bertz CT molecular complexity index is 847. The molecule has 3 rings (SSSR count). The van der Waals surface area contributed by atoms with E-state index in [9.17, 15) is 9.18 Å². The van der Waals surface area contributed by atoms with Crippen LogP contribution in [0.1, 0.15) is 30.7 Å². The SMILES string of the molecule is CN=C(NCCCn1nc2n(c1=O)CCCC2)NCCc1ccccc1F.I. The molecule has 1 aliphatic rings. The molecule has 0 radical (unpaired) electrons. The number of aryl methyl sites for hydroxylation is 2. The summed E-state index contributed by atoms with van der Waals surface area (Å²) in [6.07, 6.45) is 4.40. The molecule has 1 aliphatic heterocycles. The number of nitrogens with zero attached hydrogens (tertiary/aromatic N) is 4. The third kappa shape index (κ3) is 5.79. The van der Waals surface area contributed by atoms with Crippen molar-refractivity contribution >= 4 is 29.9 Å². The van der Waals surface area contributed by atoms with Crippen molar-refractivity contribution in [2.75, 3.05) is 20.1 Å². The minimum atomic E-state index is -0.185. The van der Waals surface area contributed by atoms with Gasteiger partial charge in [-0.25, -0.2) is 13.9 Å². The number of halogens is 2. The second-order valence-electron chi connectivity index (χ2n) is 6.65. The van der Waals surface area contributed by atoms with E-state index in [1.807, 2.05) is 6.07 Å². The Morgan fingerprint density at radius 1 is 1.25 bits per heavy atom. The fraction of sp³-hybridized carbons (Fsp3) is 0.526. The summed E-state index contributed by atoms with van der Waals surface area (Å²) in [6, 6.07) is 6.78. The van der Waals surface area contributed by atoms with E-state index in [-0.39, 0.29) is 35.5 Å². The predicted octanol–water partition coefficient (Wildman–Crippen LogP) is 1.94. The molecule has 0 amide bonds. The zero-order valence-electron chi connectivity index (χ0n) is 16.2. The van der Waals surface area contributed by atoms with E-state index >= 15 is 0 Å². The highest BCUT2D eigenvalue weighted by atomic mass is 127. The van der Waals surface area contributed by atoms with E-state index in [1.165, 1.54) is 6.07 Å².